The van der Waals surface area contributed by atoms with Crippen LogP contribution in [-0.4, -0.2) is 195 Å². The van der Waals surface area contributed by atoms with Crippen LogP contribution < -0.4 is 85.1 Å². The van der Waals surface area contributed by atoms with Gasteiger partial charge in [0.05, 0.1) is 38.1 Å². The van der Waals surface area contributed by atoms with Gasteiger partial charge in [-0.2, -0.15) is 10.5 Å². The van der Waals surface area contributed by atoms with Crippen molar-refractivity contribution in [3.8, 4) is 45.7 Å². The summed E-state index contributed by atoms with van der Waals surface area (Å²) in [6.07, 6.45) is 16.7. The van der Waals surface area contributed by atoms with Crippen molar-refractivity contribution >= 4 is 41.2 Å². The minimum atomic E-state index is -0.966. The van der Waals surface area contributed by atoms with Crippen molar-refractivity contribution in [3.05, 3.63) is 69.8 Å². The molecule has 9 radical (unpaired) electrons. The van der Waals surface area contributed by atoms with Gasteiger partial charge in [0, 0.05) is 527 Å². The third-order valence-corrected chi connectivity index (χ3v) is 32.5. The summed E-state index contributed by atoms with van der Waals surface area (Å²) < 4.78 is 57.9. The standard InChI is InChI=1S/C27H36N2O4.C27H39NO4.C26H37NO4.CBrN.3B.K.H2O.12U/c1-23(2,3)24(4,30)18-14-25-9-10-27(18,32-6)22-26(25)11-12-29(15-28)19(25)13-16-7-8-17(31-5)21(33-22)20(16)26;1-23(2,3)24(4,29)18-15-25-10-11-27(18,31-7)22-26(25)12-13-28(5)19(25)14-16-8-9-17(30-6)21(32-22)20(16)26;1-22(2,3)23(4,28)17-14-24-9-10-26(17,30-6)21-25(24)11-12-27-18(24)13-15-7-8-16(29-5)20(31-21)19(15)25;2-1-3;;;;;;;;;;;;;;;;;/h7-8,18-19,22,30H,9-14H2,1-6H3;8-9,18-19,22,29H,10-15H2,1-7H3;7-8,17-18,21,27-28H,9-14H2,1-6H3;;;;;;1H2;;;;;;;;;;;;/q;;;;;;;+1;;;;;;;;;;;;;/p-1/t2*18-,19-,22-,24+,25?,26+,27-;17-,18-,21-,23+,24?,25+,26-;;;;;;;;;;;;;;;;;;/m111................../s1. The number of nitriles is 2. The Bertz CT molecular complexity index is 3970. The average Bonchev–Trinajstić information content (AvgIpc) is 1.38. The van der Waals surface area contributed by atoms with Gasteiger partial charge in [-0.1, -0.05) is 80.5 Å². The van der Waals surface area contributed by atoms with Gasteiger partial charge in [0.2, 0.25) is 0 Å². The Kier molecular flexibility index (Phi) is 51.1. The molecule has 6 spiro atoms. The summed E-state index contributed by atoms with van der Waals surface area (Å²) in [6.45, 7) is 28.1. The van der Waals surface area contributed by atoms with Gasteiger partial charge in [-0.15, -0.1) is 0 Å². The van der Waals surface area contributed by atoms with Crippen molar-refractivity contribution in [2.24, 2.45) is 50.2 Å². The first-order valence-corrected chi connectivity index (χ1v) is 37.9. The molecule has 18 aliphatic rings. The van der Waals surface area contributed by atoms with E-state index in [1.807, 2.05) is 46.0 Å². The predicted molar refractivity (Wildman–Crippen MR) is 399 cm³/mol. The average molecular weight is 4370 g/mol. The molecule has 605 valence electrons. The first-order valence-electron chi connectivity index (χ1n) is 37.1. The Labute approximate surface area is 1030 Å². The number of hydrogen-bond donors (Lipinski definition) is 4. The number of hydrogen-bond acceptors (Lipinski definition) is 18. The maximum absolute atomic E-state index is 12.1. The van der Waals surface area contributed by atoms with Crippen molar-refractivity contribution in [3.63, 3.8) is 0 Å². The first-order chi connectivity index (χ1) is 46.5. The van der Waals surface area contributed by atoms with E-state index in [4.69, 9.17) is 47.9 Å². The number of ether oxygens (including phenoxy) is 9. The summed E-state index contributed by atoms with van der Waals surface area (Å²) in [5.74, 6) is 5.10. The Morgan fingerprint density at radius 1 is 0.448 bits per heavy atom. The molecule has 6 aliphatic heterocycles. The van der Waals surface area contributed by atoms with E-state index in [1.54, 1.807) is 33.4 Å². The number of nitrogens with zero attached hydrogens (tertiary/aromatic N) is 4. The van der Waals surface area contributed by atoms with Crippen LogP contribution >= 0.6 is 15.9 Å². The number of piperidine rings is 3. The van der Waals surface area contributed by atoms with E-state index in [1.165, 1.54) is 33.4 Å². The van der Waals surface area contributed by atoms with E-state index in [0.29, 0.717) is 12.1 Å². The third-order valence-electron chi connectivity index (χ3n) is 32.5. The molecule has 3 aromatic carbocycles. The van der Waals surface area contributed by atoms with Crippen LogP contribution in [-0.2, 0) is 49.7 Å². The molecule has 12 bridgehead atoms. The number of likely N-dealkylation sites (N-methyl/N-ethyl adjacent to an activating group) is 1. The smallest absolute Gasteiger partial charge is 0.870 e. The Balaban J connectivity index is -0.00000151. The summed E-state index contributed by atoms with van der Waals surface area (Å²) >= 11 is 2.45. The van der Waals surface area contributed by atoms with E-state index >= 15 is 0 Å². The predicted octanol–water partition coefficient (Wildman–Crippen LogP) is 7.87. The normalized spacial score (nSPS) is 35.6. The van der Waals surface area contributed by atoms with E-state index in [2.05, 4.69) is 132 Å². The van der Waals surface area contributed by atoms with Crippen LogP contribution in [0.3, 0.4) is 0 Å². The van der Waals surface area contributed by atoms with Crippen molar-refractivity contribution in [1.29, 1.82) is 10.5 Å². The molecular weight excluding hydrogens is 4260 g/mol. The zero-order valence-electron chi connectivity index (χ0n) is 71.8. The van der Waals surface area contributed by atoms with Crippen molar-refractivity contribution in [1.82, 2.24) is 15.1 Å². The second-order valence-electron chi connectivity index (χ2n) is 37.0. The number of likely N-dealkylation sites (tertiary alicyclic amines) is 2. The van der Waals surface area contributed by atoms with Crippen molar-refractivity contribution < 1.29 is 488 Å². The molecule has 12 aliphatic carbocycles. The van der Waals surface area contributed by atoms with E-state index in [9.17, 15) is 20.6 Å². The van der Waals surface area contributed by atoms with Gasteiger partial charge in [0.1, 0.15) is 40.1 Å². The fourth-order valence-corrected chi connectivity index (χ4v) is 26.6. The molecule has 18 nitrogen and oxygen atoms in total. The molecule has 35 heteroatoms. The summed E-state index contributed by atoms with van der Waals surface area (Å²) in [5, 5.41) is 57.5. The second kappa shape index (κ2) is 45.6. The van der Waals surface area contributed by atoms with Crippen LogP contribution in [0.25, 0.3) is 0 Å². The van der Waals surface area contributed by atoms with Crippen LogP contribution in [0.15, 0.2) is 36.4 Å². The van der Waals surface area contributed by atoms with Gasteiger partial charge < -0.3 is 78.5 Å². The Morgan fingerprint density at radius 2 is 0.741 bits per heavy atom. The quantitative estimate of drug-likeness (QED) is 0.118. The molecule has 0 aromatic heterocycles. The van der Waals surface area contributed by atoms with Crippen LogP contribution in [0.4, 0.5) is 0 Å². The minimum Gasteiger partial charge on any atom is -0.870 e. The van der Waals surface area contributed by atoms with Gasteiger partial charge in [-0.05, 0) is 188 Å². The number of benzene rings is 3. The Morgan fingerprint density at radius 3 is 1.06 bits per heavy atom. The largest absolute Gasteiger partial charge is 1.00 e. The SMILES string of the molecule is COc1ccc2c3c1O[C@H]1[C@@]4(OC)CCC5(C[C@@H]4[C@](C)(O)C(C)(C)C)[C@@H](C2)N(C#N)CC[C@]315.COc1ccc2c3c1O[C@H]1[C@@]4(OC)CCC5(C[C@@H]4[C@](C)(O)C(C)(C)C)[C@@H](C2)N(C)CC[C@]315.COc1ccc2c3c1O[C@H]1[C@@]4(OC)CCC5(C[C@@H]4[C@](C)(O)C(C)(C)C)[C@@H](C2)NCC[C@]315.N#CBr.[B].[B].[B].[K+].[OH-].[U].[U].[U].[U].[U].[U].[U].[U].[U].[U].[U].[U]. The molecular formula is C81H113B3BrKN5O13U12. The molecule has 3 unspecified atom stereocenters. The Hall–Kier alpha value is 9.81. The summed E-state index contributed by atoms with van der Waals surface area (Å²) in [5.41, 5.74) is 2.61. The molecule has 3 saturated heterocycles. The molecule has 21 rings (SSSR count). The number of fused-ring (bicyclic) bond motifs is 6. The molecule has 21 atom stereocenters. The second-order valence-corrected chi connectivity index (χ2v) is 37.3. The minimum absolute atomic E-state index is 0. The topological polar surface area (TPSA) is 240 Å². The van der Waals surface area contributed by atoms with Gasteiger partial charge in [-0.3, -0.25) is 0 Å². The van der Waals surface area contributed by atoms with E-state index in [-0.39, 0.29) is 546 Å². The molecule has 5 N–H and O–H groups in total. The third kappa shape index (κ3) is 17.5. The maximum Gasteiger partial charge on any atom is 1.00 e. The molecule has 3 aromatic rings. The number of aliphatic hydroxyl groups is 3. The summed E-state index contributed by atoms with van der Waals surface area (Å²) in [7, 11) is 13.0. The number of rotatable bonds is 9. The van der Waals surface area contributed by atoms with Gasteiger partial charge >= 0.3 is 51.4 Å². The fraction of sp³-hybridized carbons (Fsp3) is 0.753. The zero-order valence-corrected chi connectivity index (χ0v) is 126. The number of methoxy groups -OCH3 is 6. The summed E-state index contributed by atoms with van der Waals surface area (Å²) in [6, 6.07) is 13.8. The van der Waals surface area contributed by atoms with Gasteiger partial charge in [0.15, 0.2) is 40.7 Å². The summed E-state index contributed by atoms with van der Waals surface area (Å²) in [4.78, 5) is 6.19. The van der Waals surface area contributed by atoms with Gasteiger partial charge in [0.25, 0.3) is 0 Å². The van der Waals surface area contributed by atoms with Crippen LogP contribution in [0, 0.1) is 445 Å². The van der Waals surface area contributed by atoms with Crippen LogP contribution in [0.2, 0.25) is 0 Å². The molecule has 12 fully saturated rings. The van der Waals surface area contributed by atoms with Crippen molar-refractivity contribution in [2.75, 3.05) is 69.3 Å². The molecule has 0 amide bonds. The number of halogens is 1. The van der Waals surface area contributed by atoms with E-state index < -0.39 is 33.6 Å². The van der Waals surface area contributed by atoms with Crippen molar-refractivity contribution in [2.45, 2.75) is 266 Å². The number of nitrogens with one attached hydrogen (secondary N) is 1. The monoisotopic (exact) mass is 4370 g/mol. The maximum atomic E-state index is 12.1. The molecule has 116 heavy (non-hydrogen) atoms. The molecule has 9 saturated carbocycles. The van der Waals surface area contributed by atoms with E-state index in [0.717, 1.165) is 150 Å². The first kappa shape index (κ1) is 130. The van der Waals surface area contributed by atoms with Crippen LogP contribution in [0.1, 0.15) is 194 Å². The fourth-order valence-electron chi connectivity index (χ4n) is 26.6. The van der Waals surface area contributed by atoms with Gasteiger partial charge in [-0.25, -0.2) is 0 Å². The molecule has 6 heterocycles. The zero-order chi connectivity index (χ0) is 71.2. The van der Waals surface area contributed by atoms with Crippen LogP contribution in [0.5, 0.6) is 34.5 Å².